The first-order chi connectivity index (χ1) is 9.85. The zero-order chi connectivity index (χ0) is 15.7. The minimum absolute atomic E-state index is 0.188. The molecule has 1 aromatic carbocycles. The number of aliphatic carboxylic acids is 1. The molecule has 2 rings (SSSR count). The molecule has 1 fully saturated rings. The molecule has 0 amide bonds. The first-order valence-electron chi connectivity index (χ1n) is 7.52. The van der Waals surface area contributed by atoms with Crippen LogP contribution in [0.1, 0.15) is 49.0 Å². The first-order valence-corrected chi connectivity index (χ1v) is 8.31. The van der Waals surface area contributed by atoms with Crippen LogP contribution in [-0.4, -0.2) is 16.2 Å². The topological polar surface area (TPSA) is 57.5 Å². The maximum absolute atomic E-state index is 11.5. The molecule has 1 aliphatic rings. The quantitative estimate of drug-likeness (QED) is 0.850. The van der Waals surface area contributed by atoms with E-state index in [2.05, 4.69) is 22.9 Å². The summed E-state index contributed by atoms with van der Waals surface area (Å²) in [4.78, 5) is 11.5. The van der Waals surface area contributed by atoms with Crippen LogP contribution in [0, 0.1) is 31.6 Å². The van der Waals surface area contributed by atoms with E-state index in [0.29, 0.717) is 12.3 Å². The lowest BCUT2D eigenvalue weighted by molar-refractivity contribution is -0.144. The van der Waals surface area contributed by atoms with E-state index in [1.807, 2.05) is 26.0 Å². The van der Waals surface area contributed by atoms with Gasteiger partial charge in [-0.1, -0.05) is 35.3 Å². The average molecular weight is 355 g/mol. The van der Waals surface area contributed by atoms with Crippen LogP contribution in [0.5, 0.6) is 0 Å². The second-order valence-corrected chi connectivity index (χ2v) is 7.11. The van der Waals surface area contributed by atoms with Crippen LogP contribution in [0.15, 0.2) is 16.6 Å². The van der Waals surface area contributed by atoms with E-state index in [0.717, 1.165) is 34.0 Å². The van der Waals surface area contributed by atoms with Gasteiger partial charge in [0.25, 0.3) is 0 Å². The van der Waals surface area contributed by atoms with E-state index < -0.39 is 18.0 Å². The van der Waals surface area contributed by atoms with Gasteiger partial charge in [0.2, 0.25) is 0 Å². The minimum Gasteiger partial charge on any atom is -0.481 e. The fraction of sp³-hybridized carbons (Fsp3) is 0.588. The number of hydrogen-bond acceptors (Lipinski definition) is 2. The highest BCUT2D eigenvalue weighted by atomic mass is 79.9. The van der Waals surface area contributed by atoms with Gasteiger partial charge in [-0.2, -0.15) is 0 Å². The van der Waals surface area contributed by atoms with Gasteiger partial charge in [0, 0.05) is 10.4 Å². The molecule has 0 spiro atoms. The normalized spacial score (nSPS) is 26.8. The number of carbonyl (C=O) groups is 1. The molecule has 2 N–H and O–H groups in total. The van der Waals surface area contributed by atoms with Gasteiger partial charge in [0.15, 0.2) is 0 Å². The second kappa shape index (κ2) is 6.49. The van der Waals surface area contributed by atoms with Crippen LogP contribution >= 0.6 is 15.9 Å². The summed E-state index contributed by atoms with van der Waals surface area (Å²) in [5, 5.41) is 20.2. The van der Waals surface area contributed by atoms with E-state index in [1.54, 1.807) is 0 Å². The van der Waals surface area contributed by atoms with Gasteiger partial charge in [-0.3, -0.25) is 4.79 Å². The van der Waals surface area contributed by atoms with Crippen LogP contribution in [0.2, 0.25) is 0 Å². The lowest BCUT2D eigenvalue weighted by Gasteiger charge is -2.24. The van der Waals surface area contributed by atoms with E-state index in [4.69, 9.17) is 0 Å². The van der Waals surface area contributed by atoms with Gasteiger partial charge < -0.3 is 10.2 Å². The van der Waals surface area contributed by atoms with Crippen molar-refractivity contribution in [2.75, 3.05) is 0 Å². The van der Waals surface area contributed by atoms with Crippen molar-refractivity contribution in [2.45, 2.75) is 46.1 Å². The number of aliphatic hydroxyl groups is 1. The van der Waals surface area contributed by atoms with Crippen LogP contribution in [0.25, 0.3) is 0 Å². The molecule has 0 radical (unpaired) electrons. The first kappa shape index (κ1) is 16.5. The van der Waals surface area contributed by atoms with Gasteiger partial charge >= 0.3 is 5.97 Å². The van der Waals surface area contributed by atoms with Crippen molar-refractivity contribution in [3.8, 4) is 0 Å². The van der Waals surface area contributed by atoms with Gasteiger partial charge in [-0.05, 0) is 55.4 Å². The summed E-state index contributed by atoms with van der Waals surface area (Å²) in [5.74, 6) is -0.996. The maximum Gasteiger partial charge on any atom is 0.306 e. The van der Waals surface area contributed by atoms with Crippen molar-refractivity contribution < 1.29 is 15.0 Å². The molecule has 3 nitrogen and oxygen atoms in total. The molecule has 0 saturated heterocycles. The summed E-state index contributed by atoms with van der Waals surface area (Å²) in [7, 11) is 0. The van der Waals surface area contributed by atoms with Gasteiger partial charge in [-0.15, -0.1) is 0 Å². The summed E-state index contributed by atoms with van der Waals surface area (Å²) >= 11 is 3.49. The maximum atomic E-state index is 11.5. The highest BCUT2D eigenvalue weighted by molar-refractivity contribution is 9.10. The number of aliphatic hydroxyl groups excluding tert-OH is 1. The fourth-order valence-corrected chi connectivity index (χ4v) is 3.96. The summed E-state index contributed by atoms with van der Waals surface area (Å²) in [6.45, 7) is 6.04. The predicted octanol–water partition coefficient (Wildman–Crippen LogP) is 4.24. The molecule has 4 atom stereocenters. The number of carboxylic acid groups (broad SMARTS) is 1. The molecule has 0 heterocycles. The number of aryl methyl sites for hydroxylation is 2. The molecule has 1 saturated carbocycles. The molecular formula is C17H23BrO3. The molecule has 0 aromatic heterocycles. The van der Waals surface area contributed by atoms with E-state index in [1.165, 1.54) is 0 Å². The highest BCUT2D eigenvalue weighted by Crippen LogP contribution is 2.45. The van der Waals surface area contributed by atoms with Crippen LogP contribution in [0.3, 0.4) is 0 Å². The molecule has 1 aromatic rings. The number of hydrogen-bond donors (Lipinski definition) is 2. The number of carboxylic acids is 1. The Morgan fingerprint density at radius 3 is 2.57 bits per heavy atom. The minimum atomic E-state index is -0.776. The third-order valence-electron chi connectivity index (χ3n) is 4.88. The zero-order valence-corrected chi connectivity index (χ0v) is 14.4. The molecule has 0 aliphatic heterocycles. The summed E-state index contributed by atoms with van der Waals surface area (Å²) in [6.07, 6.45) is 1.76. The van der Waals surface area contributed by atoms with Crippen LogP contribution < -0.4 is 0 Å². The Labute approximate surface area is 134 Å². The largest absolute Gasteiger partial charge is 0.481 e. The number of benzene rings is 1. The van der Waals surface area contributed by atoms with Gasteiger partial charge in [-0.25, -0.2) is 0 Å². The molecular weight excluding hydrogens is 332 g/mol. The Bertz CT molecular complexity index is 541. The predicted molar refractivity (Wildman–Crippen MR) is 86.2 cm³/mol. The van der Waals surface area contributed by atoms with E-state index in [-0.39, 0.29) is 5.92 Å². The van der Waals surface area contributed by atoms with Crippen molar-refractivity contribution in [2.24, 2.45) is 17.8 Å². The average Bonchev–Trinajstić information content (AvgIpc) is 2.86. The van der Waals surface area contributed by atoms with Gasteiger partial charge in [0.1, 0.15) is 0 Å². The lowest BCUT2D eigenvalue weighted by atomic mass is 9.85. The molecule has 4 heteroatoms. The Morgan fingerprint density at radius 1 is 1.33 bits per heavy atom. The van der Waals surface area contributed by atoms with Crippen molar-refractivity contribution in [3.05, 3.63) is 33.3 Å². The SMILES string of the molecule is CCC1CC(C(=O)O)C(C(O)c2cc(C)c(Br)cc2C)C1. The highest BCUT2D eigenvalue weighted by Gasteiger charge is 2.42. The standard InChI is InChI=1S/C17H23BrO3/c1-4-11-7-13(14(8-11)17(20)21)16(19)12-5-10(3)15(18)6-9(12)2/h5-6,11,13-14,16,19H,4,7-8H2,1-3H3,(H,20,21). The number of halogens is 1. The third kappa shape index (κ3) is 3.32. The Balaban J connectivity index is 2.32. The molecule has 21 heavy (non-hydrogen) atoms. The monoisotopic (exact) mass is 354 g/mol. The van der Waals surface area contributed by atoms with Crippen LogP contribution in [-0.2, 0) is 4.79 Å². The van der Waals surface area contributed by atoms with E-state index >= 15 is 0 Å². The Kier molecular flexibility index (Phi) is 5.10. The van der Waals surface area contributed by atoms with Crippen molar-refractivity contribution >= 4 is 21.9 Å². The smallest absolute Gasteiger partial charge is 0.306 e. The zero-order valence-electron chi connectivity index (χ0n) is 12.8. The molecule has 1 aliphatic carbocycles. The fourth-order valence-electron chi connectivity index (χ4n) is 3.50. The van der Waals surface area contributed by atoms with E-state index in [9.17, 15) is 15.0 Å². The Hall–Kier alpha value is -0.870. The summed E-state index contributed by atoms with van der Waals surface area (Å²) < 4.78 is 1.02. The summed E-state index contributed by atoms with van der Waals surface area (Å²) in [5.41, 5.74) is 2.93. The third-order valence-corrected chi connectivity index (χ3v) is 5.73. The molecule has 0 bridgehead atoms. The Morgan fingerprint density at radius 2 is 2.00 bits per heavy atom. The van der Waals surface area contributed by atoms with Gasteiger partial charge in [0.05, 0.1) is 12.0 Å². The van der Waals surface area contributed by atoms with Crippen molar-refractivity contribution in [3.63, 3.8) is 0 Å². The molecule has 4 unspecified atom stereocenters. The summed E-state index contributed by atoms with van der Waals surface area (Å²) in [6, 6.07) is 3.97. The lowest BCUT2D eigenvalue weighted by Crippen LogP contribution is -2.24. The van der Waals surface area contributed by atoms with Crippen LogP contribution in [0.4, 0.5) is 0 Å². The van der Waals surface area contributed by atoms with Crippen molar-refractivity contribution in [1.29, 1.82) is 0 Å². The molecule has 116 valence electrons. The van der Waals surface area contributed by atoms with Crippen molar-refractivity contribution in [1.82, 2.24) is 0 Å². The second-order valence-electron chi connectivity index (χ2n) is 6.26. The number of rotatable bonds is 4.